The maximum atomic E-state index is 12.1. The van der Waals surface area contributed by atoms with Gasteiger partial charge in [-0.25, -0.2) is 0 Å². The molecule has 1 aliphatic heterocycles. The molecule has 5 heteroatoms. The average Bonchev–Trinajstić information content (AvgIpc) is 2.93. The van der Waals surface area contributed by atoms with Crippen molar-refractivity contribution in [2.45, 2.75) is 23.8 Å². The summed E-state index contributed by atoms with van der Waals surface area (Å²) in [5.74, 6) is 1.34. The number of nitrogens with zero attached hydrogens (tertiary/aromatic N) is 1. The van der Waals surface area contributed by atoms with Gasteiger partial charge in [-0.05, 0) is 37.1 Å². The number of carbonyl (C=O) groups excluding carboxylic acids is 1. The molecule has 1 fully saturated rings. The number of carbonyl (C=O) groups is 1. The van der Waals surface area contributed by atoms with E-state index in [0.717, 1.165) is 30.0 Å². The molecule has 1 heterocycles. The molecule has 1 aliphatic rings. The number of benzene rings is 1. The highest BCUT2D eigenvalue weighted by Gasteiger charge is 2.27. The predicted octanol–water partition coefficient (Wildman–Crippen LogP) is 1.77. The summed E-state index contributed by atoms with van der Waals surface area (Å²) in [5, 5.41) is 9.21. The highest BCUT2D eigenvalue weighted by Crippen LogP contribution is 2.23. The fraction of sp³-hybridized carbons (Fsp3) is 0.500. The number of rotatable bonds is 5. The number of aliphatic hydroxyl groups excluding tert-OH is 1. The van der Waals surface area contributed by atoms with Crippen molar-refractivity contribution in [3.63, 3.8) is 0 Å². The van der Waals surface area contributed by atoms with E-state index in [9.17, 15) is 9.90 Å². The maximum absolute atomic E-state index is 12.1. The third-order valence-electron chi connectivity index (χ3n) is 3.33. The fourth-order valence-electron chi connectivity index (χ4n) is 2.25. The minimum Gasteiger partial charge on any atom is -0.497 e. The number of methoxy groups -OCH3 is 1. The average molecular weight is 281 g/mol. The highest BCUT2D eigenvalue weighted by molar-refractivity contribution is 8.00. The van der Waals surface area contributed by atoms with Gasteiger partial charge in [0.25, 0.3) is 0 Å². The standard InChI is InChI=1S/C14H19NO3S/c1-18-12-4-6-13(7-5-12)19-10-14(17)15-8-2-3-11(15)9-16/h4-7,11,16H,2-3,8-10H2,1H3/t11-/m1/s1. The summed E-state index contributed by atoms with van der Waals surface area (Å²) < 4.78 is 5.09. The number of hydrogen-bond acceptors (Lipinski definition) is 4. The second-order valence-corrected chi connectivity index (χ2v) is 5.58. The van der Waals surface area contributed by atoms with Crippen LogP contribution in [0.1, 0.15) is 12.8 Å². The first kappa shape index (κ1) is 14.2. The molecule has 1 N–H and O–H groups in total. The van der Waals surface area contributed by atoms with E-state index < -0.39 is 0 Å². The van der Waals surface area contributed by atoms with Gasteiger partial charge in [-0.1, -0.05) is 0 Å². The second kappa shape index (κ2) is 6.82. The van der Waals surface area contributed by atoms with Crippen LogP contribution < -0.4 is 4.74 Å². The van der Waals surface area contributed by atoms with E-state index in [1.54, 1.807) is 12.0 Å². The molecular weight excluding hydrogens is 262 g/mol. The SMILES string of the molecule is COc1ccc(SCC(=O)N2CCC[C@@H]2CO)cc1. The van der Waals surface area contributed by atoms with Crippen molar-refractivity contribution in [3.8, 4) is 5.75 Å². The van der Waals surface area contributed by atoms with E-state index in [0.29, 0.717) is 5.75 Å². The van der Waals surface area contributed by atoms with E-state index in [1.165, 1.54) is 11.8 Å². The van der Waals surface area contributed by atoms with Crippen molar-refractivity contribution >= 4 is 17.7 Å². The third kappa shape index (κ3) is 3.64. The second-order valence-electron chi connectivity index (χ2n) is 4.53. The van der Waals surface area contributed by atoms with Crippen molar-refractivity contribution in [2.24, 2.45) is 0 Å². The molecule has 0 unspecified atom stereocenters. The Morgan fingerprint density at radius 2 is 2.21 bits per heavy atom. The van der Waals surface area contributed by atoms with E-state index in [4.69, 9.17) is 4.74 Å². The highest BCUT2D eigenvalue weighted by atomic mass is 32.2. The van der Waals surface area contributed by atoms with Gasteiger partial charge < -0.3 is 14.7 Å². The molecule has 2 rings (SSSR count). The van der Waals surface area contributed by atoms with Gasteiger partial charge in [0.2, 0.25) is 5.91 Å². The first-order chi connectivity index (χ1) is 9.24. The van der Waals surface area contributed by atoms with Gasteiger partial charge in [-0.3, -0.25) is 4.79 Å². The first-order valence-corrected chi connectivity index (χ1v) is 7.40. The van der Waals surface area contributed by atoms with Crippen LogP contribution >= 0.6 is 11.8 Å². The molecule has 104 valence electrons. The minimum atomic E-state index is 0.0176. The topological polar surface area (TPSA) is 49.8 Å². The Hall–Kier alpha value is -1.20. The van der Waals surface area contributed by atoms with Crippen LogP contribution in [-0.2, 0) is 4.79 Å². The number of likely N-dealkylation sites (tertiary alicyclic amines) is 1. The van der Waals surface area contributed by atoms with Crippen molar-refractivity contribution < 1.29 is 14.6 Å². The Labute approximate surface area is 117 Å². The Morgan fingerprint density at radius 1 is 1.47 bits per heavy atom. The maximum Gasteiger partial charge on any atom is 0.233 e. The molecule has 1 atom stereocenters. The van der Waals surface area contributed by atoms with Crippen molar-refractivity contribution in [3.05, 3.63) is 24.3 Å². The summed E-state index contributed by atoms with van der Waals surface area (Å²) in [7, 11) is 1.63. The number of hydrogen-bond donors (Lipinski definition) is 1. The largest absolute Gasteiger partial charge is 0.497 e. The lowest BCUT2D eigenvalue weighted by Gasteiger charge is -2.22. The number of ether oxygens (including phenoxy) is 1. The van der Waals surface area contributed by atoms with Gasteiger partial charge in [0.15, 0.2) is 0 Å². The molecule has 0 saturated carbocycles. The van der Waals surface area contributed by atoms with Gasteiger partial charge in [0.05, 0.1) is 25.5 Å². The van der Waals surface area contributed by atoms with Crippen molar-refractivity contribution in [1.29, 1.82) is 0 Å². The number of thioether (sulfide) groups is 1. The lowest BCUT2D eigenvalue weighted by atomic mass is 10.2. The summed E-state index contributed by atoms with van der Waals surface area (Å²) >= 11 is 1.52. The summed E-state index contributed by atoms with van der Waals surface area (Å²) in [5.41, 5.74) is 0. The normalized spacial score (nSPS) is 18.6. The van der Waals surface area contributed by atoms with Gasteiger partial charge in [-0.2, -0.15) is 0 Å². The molecule has 0 aromatic heterocycles. The van der Waals surface area contributed by atoms with Crippen LogP contribution in [0.5, 0.6) is 5.75 Å². The predicted molar refractivity (Wildman–Crippen MR) is 75.5 cm³/mol. The van der Waals surface area contributed by atoms with E-state index in [2.05, 4.69) is 0 Å². The Kier molecular flexibility index (Phi) is 5.10. The first-order valence-electron chi connectivity index (χ1n) is 6.41. The molecule has 1 amide bonds. The lowest BCUT2D eigenvalue weighted by molar-refractivity contribution is -0.129. The Balaban J connectivity index is 1.85. The molecule has 1 aromatic carbocycles. The summed E-state index contributed by atoms with van der Waals surface area (Å²) in [4.78, 5) is 14.9. The van der Waals surface area contributed by atoms with Crippen molar-refractivity contribution in [2.75, 3.05) is 26.0 Å². The molecule has 0 aliphatic carbocycles. The van der Waals surface area contributed by atoms with Crippen LogP contribution in [0.25, 0.3) is 0 Å². The molecular formula is C14H19NO3S. The quantitative estimate of drug-likeness (QED) is 0.836. The summed E-state index contributed by atoms with van der Waals surface area (Å²) in [6.07, 6.45) is 1.90. The smallest absolute Gasteiger partial charge is 0.233 e. The molecule has 4 nitrogen and oxygen atoms in total. The van der Waals surface area contributed by atoms with Gasteiger partial charge in [0, 0.05) is 11.4 Å². The van der Waals surface area contributed by atoms with E-state index >= 15 is 0 Å². The van der Waals surface area contributed by atoms with Crippen LogP contribution in [0.4, 0.5) is 0 Å². The molecule has 1 saturated heterocycles. The summed E-state index contributed by atoms with van der Waals surface area (Å²) in [6.45, 7) is 0.839. The molecule has 0 spiro atoms. The van der Waals surface area contributed by atoms with E-state index in [-0.39, 0.29) is 18.6 Å². The Bertz CT molecular complexity index is 421. The third-order valence-corrected chi connectivity index (χ3v) is 4.33. The fourth-order valence-corrected chi connectivity index (χ4v) is 3.04. The van der Waals surface area contributed by atoms with Crippen molar-refractivity contribution in [1.82, 2.24) is 4.90 Å². The molecule has 0 radical (unpaired) electrons. The lowest BCUT2D eigenvalue weighted by Crippen LogP contribution is -2.38. The zero-order valence-corrected chi connectivity index (χ0v) is 11.9. The number of amides is 1. The Morgan fingerprint density at radius 3 is 2.84 bits per heavy atom. The minimum absolute atomic E-state index is 0.0176. The summed E-state index contributed by atoms with van der Waals surface area (Å²) in [6, 6.07) is 7.69. The van der Waals surface area contributed by atoms with Crippen LogP contribution in [0, 0.1) is 0 Å². The van der Waals surface area contributed by atoms with Crippen LogP contribution in [0.3, 0.4) is 0 Å². The van der Waals surface area contributed by atoms with Gasteiger partial charge >= 0.3 is 0 Å². The zero-order chi connectivity index (χ0) is 13.7. The van der Waals surface area contributed by atoms with Crippen LogP contribution in [-0.4, -0.2) is 48.0 Å². The molecule has 1 aromatic rings. The molecule has 0 bridgehead atoms. The monoisotopic (exact) mass is 281 g/mol. The van der Waals surface area contributed by atoms with E-state index in [1.807, 2.05) is 24.3 Å². The van der Waals surface area contributed by atoms with Crippen LogP contribution in [0.15, 0.2) is 29.2 Å². The van der Waals surface area contributed by atoms with Gasteiger partial charge in [-0.15, -0.1) is 11.8 Å². The zero-order valence-electron chi connectivity index (χ0n) is 11.0. The number of aliphatic hydroxyl groups is 1. The van der Waals surface area contributed by atoms with Crippen LogP contribution in [0.2, 0.25) is 0 Å². The van der Waals surface area contributed by atoms with Gasteiger partial charge in [0.1, 0.15) is 5.75 Å². The molecule has 19 heavy (non-hydrogen) atoms.